The van der Waals surface area contributed by atoms with Gasteiger partial charge in [0.05, 0.1) is 0 Å². The number of hydrogen-bond donors (Lipinski definition) is 5. The minimum atomic E-state index is -1.56. The van der Waals surface area contributed by atoms with Crippen molar-refractivity contribution in [3.63, 3.8) is 0 Å². The predicted molar refractivity (Wildman–Crippen MR) is 45.4 cm³/mol. The Morgan fingerprint density at radius 1 is 0.786 bits per heavy atom. The highest BCUT2D eigenvalue weighted by Crippen LogP contribution is 2.23. The molecule has 0 spiro atoms. The molecule has 6 nitrogen and oxygen atoms in total. The van der Waals surface area contributed by atoms with Gasteiger partial charge in [-0.25, -0.2) is 0 Å². The van der Waals surface area contributed by atoms with Gasteiger partial charge in [0.1, 0.15) is 36.6 Å². The summed E-state index contributed by atoms with van der Waals surface area (Å²) in [5.74, 6) is 0. The summed E-state index contributed by atoms with van der Waals surface area (Å²) < 4.78 is 4.97. The van der Waals surface area contributed by atoms with Crippen molar-refractivity contribution in [1.29, 1.82) is 0 Å². The fraction of sp³-hybridized carbons (Fsp3) is 1.00. The lowest BCUT2D eigenvalue weighted by atomic mass is 9.85. The molecule has 0 radical (unpaired) electrons. The Balaban J connectivity index is 2.75. The van der Waals surface area contributed by atoms with Crippen molar-refractivity contribution in [2.75, 3.05) is 6.61 Å². The molecular weight excluding hydrogens is 192 g/mol. The first-order chi connectivity index (χ1) is 6.50. The SMILES string of the molecule is CCO[C@H]1[C@H](O)[C@@H](O)[C@H](O)[C@@H](O)[C@@H]1O. The molecule has 1 aliphatic carbocycles. The third-order valence-electron chi connectivity index (χ3n) is 2.43. The molecule has 1 saturated carbocycles. The summed E-state index contributed by atoms with van der Waals surface area (Å²) in [5, 5.41) is 46.6. The standard InChI is InChI=1S/C8H16O6/c1-2-14-8-6(12)4(10)3(9)5(11)7(8)13/h3-13H,2H2,1H3/t3-,4-,5+,6+,7-,8-. The Hall–Kier alpha value is -0.240. The zero-order valence-corrected chi connectivity index (χ0v) is 7.82. The second-order valence-electron chi connectivity index (χ2n) is 3.37. The molecule has 0 aliphatic heterocycles. The second kappa shape index (κ2) is 4.52. The van der Waals surface area contributed by atoms with Crippen molar-refractivity contribution >= 4 is 0 Å². The smallest absolute Gasteiger partial charge is 0.114 e. The number of ether oxygens (including phenoxy) is 1. The van der Waals surface area contributed by atoms with Crippen LogP contribution in [0.4, 0.5) is 0 Å². The Morgan fingerprint density at radius 2 is 1.14 bits per heavy atom. The number of hydrogen-bond acceptors (Lipinski definition) is 6. The molecule has 0 aromatic heterocycles. The molecule has 0 aromatic rings. The van der Waals surface area contributed by atoms with Gasteiger partial charge in [-0.15, -0.1) is 0 Å². The molecule has 0 saturated heterocycles. The van der Waals surface area contributed by atoms with Crippen LogP contribution in [0.15, 0.2) is 0 Å². The minimum Gasteiger partial charge on any atom is -0.387 e. The zero-order valence-electron chi connectivity index (χ0n) is 7.82. The second-order valence-corrected chi connectivity index (χ2v) is 3.37. The normalized spacial score (nSPS) is 49.3. The van der Waals surface area contributed by atoms with Crippen LogP contribution >= 0.6 is 0 Å². The zero-order chi connectivity index (χ0) is 10.9. The van der Waals surface area contributed by atoms with Crippen molar-refractivity contribution in [2.24, 2.45) is 0 Å². The van der Waals surface area contributed by atoms with E-state index in [4.69, 9.17) is 4.74 Å². The van der Waals surface area contributed by atoms with Gasteiger partial charge in [-0.05, 0) is 6.92 Å². The summed E-state index contributed by atoms with van der Waals surface area (Å²) in [5.41, 5.74) is 0. The fourth-order valence-corrected chi connectivity index (χ4v) is 1.59. The highest BCUT2D eigenvalue weighted by Gasteiger charge is 2.48. The van der Waals surface area contributed by atoms with Gasteiger partial charge in [-0.2, -0.15) is 0 Å². The van der Waals surface area contributed by atoms with Crippen molar-refractivity contribution in [3.8, 4) is 0 Å². The summed E-state index contributed by atoms with van der Waals surface area (Å²) in [6, 6.07) is 0. The summed E-state index contributed by atoms with van der Waals surface area (Å²) in [7, 11) is 0. The lowest BCUT2D eigenvalue weighted by molar-refractivity contribution is -0.234. The molecule has 6 atom stereocenters. The molecule has 0 bridgehead atoms. The summed E-state index contributed by atoms with van der Waals surface area (Å²) in [4.78, 5) is 0. The molecule has 1 rings (SSSR count). The van der Waals surface area contributed by atoms with Crippen molar-refractivity contribution < 1.29 is 30.3 Å². The van der Waals surface area contributed by atoms with Crippen LogP contribution in [0.2, 0.25) is 0 Å². The van der Waals surface area contributed by atoms with E-state index in [1.54, 1.807) is 6.92 Å². The van der Waals surface area contributed by atoms with Gasteiger partial charge in [0.2, 0.25) is 0 Å². The predicted octanol–water partition coefficient (Wildman–Crippen LogP) is -2.79. The molecule has 5 N–H and O–H groups in total. The largest absolute Gasteiger partial charge is 0.387 e. The van der Waals surface area contributed by atoms with Crippen LogP contribution in [-0.4, -0.2) is 68.8 Å². The topological polar surface area (TPSA) is 110 Å². The van der Waals surface area contributed by atoms with E-state index in [1.807, 2.05) is 0 Å². The highest BCUT2D eigenvalue weighted by atomic mass is 16.5. The monoisotopic (exact) mass is 208 g/mol. The van der Waals surface area contributed by atoms with E-state index in [0.717, 1.165) is 0 Å². The van der Waals surface area contributed by atoms with Crippen LogP contribution in [-0.2, 0) is 4.74 Å². The van der Waals surface area contributed by atoms with E-state index >= 15 is 0 Å². The average Bonchev–Trinajstić information content (AvgIpc) is 2.19. The fourth-order valence-electron chi connectivity index (χ4n) is 1.59. The molecular formula is C8H16O6. The number of rotatable bonds is 2. The Bertz CT molecular complexity index is 171. The first kappa shape index (κ1) is 11.8. The Kier molecular flexibility index (Phi) is 3.82. The van der Waals surface area contributed by atoms with Crippen LogP contribution in [0.1, 0.15) is 6.92 Å². The highest BCUT2D eigenvalue weighted by molar-refractivity contribution is 4.99. The lowest BCUT2D eigenvalue weighted by Crippen LogP contribution is -2.64. The molecule has 14 heavy (non-hydrogen) atoms. The van der Waals surface area contributed by atoms with Gasteiger partial charge in [0, 0.05) is 6.61 Å². The molecule has 0 unspecified atom stereocenters. The van der Waals surface area contributed by atoms with Gasteiger partial charge < -0.3 is 30.3 Å². The van der Waals surface area contributed by atoms with Crippen molar-refractivity contribution in [2.45, 2.75) is 43.5 Å². The molecule has 0 aromatic carbocycles. The third-order valence-corrected chi connectivity index (χ3v) is 2.43. The molecule has 6 heteroatoms. The first-order valence-electron chi connectivity index (χ1n) is 4.52. The molecule has 84 valence electrons. The molecule has 0 heterocycles. The van der Waals surface area contributed by atoms with Crippen molar-refractivity contribution in [3.05, 3.63) is 0 Å². The average molecular weight is 208 g/mol. The van der Waals surface area contributed by atoms with Crippen LogP contribution in [0.3, 0.4) is 0 Å². The Morgan fingerprint density at radius 3 is 1.50 bits per heavy atom. The Labute approximate surface area is 81.4 Å². The summed E-state index contributed by atoms with van der Waals surface area (Å²) >= 11 is 0. The number of aliphatic hydroxyl groups excluding tert-OH is 5. The summed E-state index contributed by atoms with van der Waals surface area (Å²) in [6.07, 6.45) is -8.45. The first-order valence-corrected chi connectivity index (χ1v) is 4.52. The lowest BCUT2D eigenvalue weighted by Gasteiger charge is -2.41. The molecule has 1 fully saturated rings. The van der Waals surface area contributed by atoms with E-state index in [0.29, 0.717) is 0 Å². The van der Waals surface area contributed by atoms with Gasteiger partial charge in [-0.3, -0.25) is 0 Å². The van der Waals surface area contributed by atoms with Crippen LogP contribution in [0.5, 0.6) is 0 Å². The number of aliphatic hydroxyl groups is 5. The van der Waals surface area contributed by atoms with E-state index in [-0.39, 0.29) is 6.61 Å². The van der Waals surface area contributed by atoms with Crippen LogP contribution in [0.25, 0.3) is 0 Å². The minimum absolute atomic E-state index is 0.230. The van der Waals surface area contributed by atoms with E-state index in [1.165, 1.54) is 0 Å². The van der Waals surface area contributed by atoms with Crippen molar-refractivity contribution in [1.82, 2.24) is 0 Å². The molecule has 0 amide bonds. The van der Waals surface area contributed by atoms with Gasteiger partial charge in [0.25, 0.3) is 0 Å². The van der Waals surface area contributed by atoms with E-state index in [2.05, 4.69) is 0 Å². The van der Waals surface area contributed by atoms with E-state index < -0.39 is 36.6 Å². The maximum Gasteiger partial charge on any atom is 0.114 e. The quantitative estimate of drug-likeness (QED) is 0.335. The van der Waals surface area contributed by atoms with Gasteiger partial charge >= 0.3 is 0 Å². The molecule has 1 aliphatic rings. The van der Waals surface area contributed by atoms with Crippen LogP contribution < -0.4 is 0 Å². The maximum atomic E-state index is 9.42. The van der Waals surface area contributed by atoms with Gasteiger partial charge in [-0.1, -0.05) is 0 Å². The third kappa shape index (κ3) is 1.90. The van der Waals surface area contributed by atoms with E-state index in [9.17, 15) is 25.5 Å². The summed E-state index contributed by atoms with van der Waals surface area (Å²) in [6.45, 7) is 1.89. The van der Waals surface area contributed by atoms with Crippen LogP contribution in [0, 0.1) is 0 Å². The van der Waals surface area contributed by atoms with Gasteiger partial charge in [0.15, 0.2) is 0 Å². The maximum absolute atomic E-state index is 9.42.